The number of carbonyl (C=O) groups excluding carboxylic acids is 2. The number of carbonyl (C=O) groups is 2. The Labute approximate surface area is 237 Å². The number of amides is 2. The van der Waals surface area contributed by atoms with Gasteiger partial charge in [-0.1, -0.05) is 18.2 Å². The Morgan fingerprint density at radius 3 is 2.02 bits per heavy atom. The highest BCUT2D eigenvalue weighted by Crippen LogP contribution is 2.50. The smallest absolute Gasteiger partial charge is 0.390 e. The fourth-order valence-electron chi connectivity index (χ4n) is 4.79. The first-order valence-corrected chi connectivity index (χ1v) is 14.4. The molecule has 0 radical (unpaired) electrons. The van der Waals surface area contributed by atoms with Gasteiger partial charge in [0.25, 0.3) is 11.5 Å². The SMILES string of the molecule is CC(C)(O)CC(=O)N1Cc2cc(S(=O)(=O)CC3CC3)ccc2C1C(=O)Nc1ccc(C(O)(C(F)(F)F)C(F)(F)F)cc1. The van der Waals surface area contributed by atoms with Crippen LogP contribution in [0.1, 0.15) is 55.8 Å². The second-order valence-corrected chi connectivity index (χ2v) is 13.3. The second-order valence-electron chi connectivity index (χ2n) is 11.3. The molecule has 0 spiro atoms. The summed E-state index contributed by atoms with van der Waals surface area (Å²) < 4.78 is 105. The Balaban J connectivity index is 1.64. The van der Waals surface area contributed by atoms with E-state index in [-0.39, 0.29) is 34.4 Å². The van der Waals surface area contributed by atoms with Crippen LogP contribution in [-0.2, 0) is 31.6 Å². The van der Waals surface area contributed by atoms with Gasteiger partial charge in [0.15, 0.2) is 9.84 Å². The highest BCUT2D eigenvalue weighted by molar-refractivity contribution is 7.91. The molecule has 15 heteroatoms. The minimum atomic E-state index is -6.09. The average molecular weight is 623 g/mol. The zero-order valence-corrected chi connectivity index (χ0v) is 23.2. The number of fused-ring (bicyclic) bond motifs is 1. The van der Waals surface area contributed by atoms with E-state index >= 15 is 0 Å². The third kappa shape index (κ3) is 6.27. The van der Waals surface area contributed by atoms with Crippen molar-refractivity contribution in [3.05, 3.63) is 59.2 Å². The Morgan fingerprint density at radius 1 is 0.952 bits per heavy atom. The maximum Gasteiger partial charge on any atom is 0.430 e. The molecule has 8 nitrogen and oxygen atoms in total. The van der Waals surface area contributed by atoms with Crippen LogP contribution in [0, 0.1) is 5.92 Å². The molecule has 2 aromatic carbocycles. The third-order valence-electron chi connectivity index (χ3n) is 7.12. The number of rotatable bonds is 8. The number of aliphatic hydroxyl groups is 2. The standard InChI is InChI=1S/C27H28F6N2O6S/c1-24(2,38)12-21(36)35-13-16-11-19(42(40,41)14-15-3-4-15)9-10-20(16)22(35)23(37)34-18-7-5-17(6-8-18)25(39,26(28,29)30)27(31,32)33/h5-11,15,22,38-39H,3-4,12-14H2,1-2H3,(H,34,37). The molecule has 1 unspecified atom stereocenters. The Bertz CT molecular complexity index is 1460. The van der Waals surface area contributed by atoms with Crippen LogP contribution in [0.3, 0.4) is 0 Å². The fraction of sp³-hybridized carbons (Fsp3) is 0.481. The fourth-order valence-corrected chi connectivity index (χ4v) is 6.54. The molecule has 1 heterocycles. The van der Waals surface area contributed by atoms with E-state index in [9.17, 15) is 54.6 Å². The molecular formula is C27H28F6N2O6S. The van der Waals surface area contributed by atoms with Crippen molar-refractivity contribution in [3.63, 3.8) is 0 Å². The van der Waals surface area contributed by atoms with Gasteiger partial charge in [-0.15, -0.1) is 0 Å². The number of halogens is 6. The van der Waals surface area contributed by atoms with Crippen molar-refractivity contribution in [1.29, 1.82) is 0 Å². The van der Waals surface area contributed by atoms with Crippen molar-refractivity contribution < 1.29 is 54.6 Å². The van der Waals surface area contributed by atoms with E-state index in [4.69, 9.17) is 0 Å². The maximum atomic E-state index is 13.4. The van der Waals surface area contributed by atoms with Gasteiger partial charge >= 0.3 is 12.4 Å². The zero-order chi connectivity index (χ0) is 31.5. The molecule has 1 saturated carbocycles. The number of benzene rings is 2. The van der Waals surface area contributed by atoms with Gasteiger partial charge in [0.2, 0.25) is 5.91 Å². The molecule has 2 aliphatic rings. The van der Waals surface area contributed by atoms with E-state index in [0.29, 0.717) is 17.7 Å². The lowest BCUT2D eigenvalue weighted by Gasteiger charge is -2.32. The summed E-state index contributed by atoms with van der Waals surface area (Å²) in [6, 6.07) is 4.92. The summed E-state index contributed by atoms with van der Waals surface area (Å²) in [6.07, 6.45) is -11.0. The van der Waals surface area contributed by atoms with Crippen molar-refractivity contribution in [2.24, 2.45) is 5.92 Å². The summed E-state index contributed by atoms with van der Waals surface area (Å²) in [5.41, 5.74) is -7.75. The molecule has 42 heavy (non-hydrogen) atoms. The molecule has 4 rings (SSSR count). The van der Waals surface area contributed by atoms with Crippen molar-refractivity contribution in [2.75, 3.05) is 11.1 Å². The molecule has 0 saturated heterocycles. The number of sulfone groups is 1. The van der Waals surface area contributed by atoms with Crippen LogP contribution < -0.4 is 5.32 Å². The van der Waals surface area contributed by atoms with E-state index < -0.39 is 63.2 Å². The Kier molecular flexibility index (Phi) is 7.96. The van der Waals surface area contributed by atoms with Gasteiger partial charge in [-0.05, 0) is 68.0 Å². The Hall–Kier alpha value is -3.17. The molecule has 1 aliphatic carbocycles. The molecule has 1 fully saturated rings. The predicted octanol–water partition coefficient (Wildman–Crippen LogP) is 4.37. The molecule has 3 N–H and O–H groups in total. The van der Waals surface area contributed by atoms with Crippen molar-refractivity contribution in [1.82, 2.24) is 4.90 Å². The topological polar surface area (TPSA) is 124 Å². The minimum Gasteiger partial charge on any atom is -0.390 e. The number of alkyl halides is 6. The van der Waals surface area contributed by atoms with E-state index in [1.54, 1.807) is 0 Å². The summed E-state index contributed by atoms with van der Waals surface area (Å²) in [5, 5.41) is 22.1. The zero-order valence-electron chi connectivity index (χ0n) is 22.4. The Morgan fingerprint density at radius 2 is 1.52 bits per heavy atom. The maximum absolute atomic E-state index is 13.4. The molecule has 2 amide bonds. The number of anilines is 1. The molecule has 1 aliphatic heterocycles. The second kappa shape index (κ2) is 10.5. The normalized spacial score (nSPS) is 18.1. The van der Waals surface area contributed by atoms with Crippen molar-refractivity contribution >= 4 is 27.3 Å². The van der Waals surface area contributed by atoms with Gasteiger partial charge in [-0.2, -0.15) is 26.3 Å². The summed E-state index contributed by atoms with van der Waals surface area (Å²) in [6.45, 7) is 2.56. The van der Waals surface area contributed by atoms with E-state index in [0.717, 1.165) is 29.9 Å². The van der Waals surface area contributed by atoms with Gasteiger partial charge in [0.1, 0.15) is 6.04 Å². The van der Waals surface area contributed by atoms with Crippen LogP contribution in [0.15, 0.2) is 47.4 Å². The predicted molar refractivity (Wildman–Crippen MR) is 137 cm³/mol. The number of hydrogen-bond donors (Lipinski definition) is 3. The van der Waals surface area contributed by atoms with Gasteiger partial charge in [0.05, 0.1) is 22.7 Å². The van der Waals surface area contributed by atoms with Crippen LogP contribution in [0.25, 0.3) is 0 Å². The lowest BCUT2D eigenvalue weighted by molar-refractivity contribution is -0.376. The molecule has 1 atom stereocenters. The molecule has 0 aromatic heterocycles. The number of hydrogen-bond acceptors (Lipinski definition) is 6. The highest BCUT2D eigenvalue weighted by atomic mass is 32.2. The summed E-state index contributed by atoms with van der Waals surface area (Å²) in [4.78, 5) is 27.6. The summed E-state index contributed by atoms with van der Waals surface area (Å²) >= 11 is 0. The van der Waals surface area contributed by atoms with Gasteiger partial charge in [-0.3, -0.25) is 9.59 Å². The van der Waals surface area contributed by atoms with Crippen molar-refractivity contribution in [2.45, 2.75) is 74.1 Å². The first-order valence-electron chi connectivity index (χ1n) is 12.8. The monoisotopic (exact) mass is 622 g/mol. The van der Waals surface area contributed by atoms with E-state index in [2.05, 4.69) is 5.32 Å². The lowest BCUT2D eigenvalue weighted by atomic mass is 9.92. The van der Waals surface area contributed by atoms with Gasteiger partial charge < -0.3 is 20.4 Å². The van der Waals surface area contributed by atoms with Crippen LogP contribution in [0.4, 0.5) is 32.0 Å². The molecule has 0 bridgehead atoms. The summed E-state index contributed by atoms with van der Waals surface area (Å²) in [7, 11) is -3.63. The van der Waals surface area contributed by atoms with Gasteiger partial charge in [0, 0.05) is 17.8 Å². The van der Waals surface area contributed by atoms with E-state index in [1.165, 1.54) is 32.0 Å². The first-order chi connectivity index (χ1) is 19.1. The third-order valence-corrected chi connectivity index (χ3v) is 9.00. The van der Waals surface area contributed by atoms with Crippen LogP contribution >= 0.6 is 0 Å². The first kappa shape index (κ1) is 31.8. The quantitative estimate of drug-likeness (QED) is 0.376. The van der Waals surface area contributed by atoms with Crippen LogP contribution in [0.2, 0.25) is 0 Å². The van der Waals surface area contributed by atoms with Gasteiger partial charge in [-0.25, -0.2) is 8.42 Å². The highest BCUT2D eigenvalue weighted by Gasteiger charge is 2.71. The van der Waals surface area contributed by atoms with Crippen molar-refractivity contribution in [3.8, 4) is 0 Å². The number of nitrogens with one attached hydrogen (secondary N) is 1. The van der Waals surface area contributed by atoms with Crippen LogP contribution in [-0.4, -0.2) is 59.1 Å². The minimum absolute atomic E-state index is 0.0153. The summed E-state index contributed by atoms with van der Waals surface area (Å²) in [5.74, 6) is -1.51. The molecular weight excluding hydrogens is 594 g/mol. The van der Waals surface area contributed by atoms with Crippen LogP contribution in [0.5, 0.6) is 0 Å². The average Bonchev–Trinajstić information content (AvgIpc) is 3.55. The van der Waals surface area contributed by atoms with E-state index in [1.807, 2.05) is 0 Å². The molecule has 230 valence electrons. The lowest BCUT2D eigenvalue weighted by Crippen LogP contribution is -2.53. The molecule has 2 aromatic rings. The largest absolute Gasteiger partial charge is 0.430 e. The number of nitrogens with zero attached hydrogens (tertiary/aromatic N) is 1.